The minimum Gasteiger partial charge on any atom is -0.379 e. The van der Waals surface area contributed by atoms with Crippen LogP contribution in [0.3, 0.4) is 0 Å². The highest BCUT2D eigenvalue weighted by molar-refractivity contribution is 4.75. The van der Waals surface area contributed by atoms with E-state index in [1.807, 2.05) is 13.8 Å². The zero-order valence-electron chi connectivity index (χ0n) is 9.74. The third-order valence-electron chi connectivity index (χ3n) is 2.53. The van der Waals surface area contributed by atoms with E-state index in [1.165, 1.54) is 0 Å². The molecule has 0 fully saturated rings. The summed E-state index contributed by atoms with van der Waals surface area (Å²) in [5.74, 6) is 0. The van der Waals surface area contributed by atoms with Crippen LogP contribution in [0.2, 0.25) is 0 Å². The van der Waals surface area contributed by atoms with Gasteiger partial charge in [-0.25, -0.2) is 0 Å². The highest BCUT2D eigenvalue weighted by atomic mass is 19.4. The molecule has 5 heteroatoms. The van der Waals surface area contributed by atoms with E-state index in [0.29, 0.717) is 12.8 Å². The number of halogens is 3. The maximum Gasteiger partial charge on any atom is 0.390 e. The minimum absolute atomic E-state index is 0.360. The van der Waals surface area contributed by atoms with Crippen molar-refractivity contribution in [2.24, 2.45) is 0 Å². The third-order valence-corrected chi connectivity index (χ3v) is 2.53. The summed E-state index contributed by atoms with van der Waals surface area (Å²) in [6.45, 7) is 3.74. The van der Waals surface area contributed by atoms with Crippen LogP contribution in [0.5, 0.6) is 0 Å². The SMILES string of the molecule is CNC(CCC(C)(C)OC)CC(F)(F)F. The van der Waals surface area contributed by atoms with Crippen LogP contribution >= 0.6 is 0 Å². The Morgan fingerprint density at radius 2 is 1.80 bits per heavy atom. The molecule has 0 spiro atoms. The zero-order valence-corrected chi connectivity index (χ0v) is 9.74. The van der Waals surface area contributed by atoms with Crippen LogP contribution in [0, 0.1) is 0 Å². The van der Waals surface area contributed by atoms with Crippen LogP contribution in [0.1, 0.15) is 33.1 Å². The first-order chi connectivity index (χ1) is 6.70. The quantitative estimate of drug-likeness (QED) is 0.753. The molecule has 0 saturated heterocycles. The smallest absolute Gasteiger partial charge is 0.379 e. The Morgan fingerprint density at radius 1 is 1.27 bits per heavy atom. The lowest BCUT2D eigenvalue weighted by Gasteiger charge is -2.26. The van der Waals surface area contributed by atoms with Crippen LogP contribution in [0.4, 0.5) is 13.2 Å². The van der Waals surface area contributed by atoms with Crippen LogP contribution in [-0.4, -0.2) is 32.0 Å². The second kappa shape index (κ2) is 5.70. The van der Waals surface area contributed by atoms with Gasteiger partial charge < -0.3 is 10.1 Å². The van der Waals surface area contributed by atoms with Crippen molar-refractivity contribution >= 4 is 0 Å². The van der Waals surface area contributed by atoms with Gasteiger partial charge in [-0.3, -0.25) is 0 Å². The maximum absolute atomic E-state index is 12.1. The molecule has 0 aliphatic carbocycles. The Morgan fingerprint density at radius 3 is 2.13 bits per heavy atom. The van der Waals surface area contributed by atoms with Crippen molar-refractivity contribution in [3.63, 3.8) is 0 Å². The summed E-state index contributed by atoms with van der Waals surface area (Å²) < 4.78 is 41.5. The van der Waals surface area contributed by atoms with Gasteiger partial charge in [0.05, 0.1) is 12.0 Å². The summed E-state index contributed by atoms with van der Waals surface area (Å²) in [7, 11) is 3.12. The van der Waals surface area contributed by atoms with Gasteiger partial charge in [-0.15, -0.1) is 0 Å². The van der Waals surface area contributed by atoms with Crippen molar-refractivity contribution in [1.82, 2.24) is 5.32 Å². The topological polar surface area (TPSA) is 21.3 Å². The molecule has 0 rings (SSSR count). The standard InChI is InChI=1S/C10H20F3NO/c1-9(2,15-4)6-5-8(14-3)7-10(11,12)13/h8,14H,5-7H2,1-4H3. The lowest BCUT2D eigenvalue weighted by atomic mass is 9.97. The Bertz CT molecular complexity index is 180. The molecule has 0 bridgehead atoms. The van der Waals surface area contributed by atoms with Crippen molar-refractivity contribution in [1.29, 1.82) is 0 Å². The van der Waals surface area contributed by atoms with Gasteiger partial charge in [0.15, 0.2) is 0 Å². The van der Waals surface area contributed by atoms with Gasteiger partial charge in [0.25, 0.3) is 0 Å². The fourth-order valence-corrected chi connectivity index (χ4v) is 1.25. The average molecular weight is 227 g/mol. The summed E-state index contributed by atoms with van der Waals surface area (Å²) in [5.41, 5.74) is -0.360. The Hall–Kier alpha value is -0.290. The van der Waals surface area contributed by atoms with E-state index in [4.69, 9.17) is 4.74 Å². The summed E-state index contributed by atoms with van der Waals surface area (Å²) in [6.07, 6.45) is -3.84. The fraction of sp³-hybridized carbons (Fsp3) is 1.00. The predicted octanol–water partition coefficient (Wildman–Crippen LogP) is 2.73. The first-order valence-corrected chi connectivity index (χ1v) is 4.99. The van der Waals surface area contributed by atoms with E-state index in [2.05, 4.69) is 5.32 Å². The van der Waals surface area contributed by atoms with E-state index >= 15 is 0 Å². The number of hydrogen-bond donors (Lipinski definition) is 1. The third kappa shape index (κ3) is 7.62. The number of ether oxygens (including phenoxy) is 1. The molecule has 0 aromatic carbocycles. The molecular weight excluding hydrogens is 207 g/mol. The molecule has 1 N–H and O–H groups in total. The number of rotatable bonds is 6. The average Bonchev–Trinajstić information content (AvgIpc) is 2.10. The molecule has 0 saturated carbocycles. The van der Waals surface area contributed by atoms with Crippen LogP contribution in [0.15, 0.2) is 0 Å². The highest BCUT2D eigenvalue weighted by Crippen LogP contribution is 2.25. The first kappa shape index (κ1) is 14.7. The van der Waals surface area contributed by atoms with E-state index in [-0.39, 0.29) is 5.60 Å². The molecule has 15 heavy (non-hydrogen) atoms. The van der Waals surface area contributed by atoms with Crippen molar-refractivity contribution in [2.45, 2.75) is 50.9 Å². The van der Waals surface area contributed by atoms with E-state index in [1.54, 1.807) is 14.2 Å². The largest absolute Gasteiger partial charge is 0.390 e. The lowest BCUT2D eigenvalue weighted by molar-refractivity contribution is -0.140. The number of hydrogen-bond acceptors (Lipinski definition) is 2. The second-order valence-corrected chi connectivity index (χ2v) is 4.31. The Kier molecular flexibility index (Phi) is 5.59. The molecule has 0 aliphatic rings. The van der Waals surface area contributed by atoms with Gasteiger partial charge in [0.2, 0.25) is 0 Å². The lowest BCUT2D eigenvalue weighted by Crippen LogP contribution is -2.34. The molecule has 92 valence electrons. The van der Waals surface area contributed by atoms with Crippen LogP contribution < -0.4 is 5.32 Å². The number of nitrogens with one attached hydrogen (secondary N) is 1. The second-order valence-electron chi connectivity index (χ2n) is 4.31. The molecule has 0 aromatic rings. The summed E-state index contributed by atoms with van der Waals surface area (Å²) in [4.78, 5) is 0. The normalized spacial score (nSPS) is 15.4. The maximum atomic E-state index is 12.1. The zero-order chi connectivity index (χ0) is 12.1. The van der Waals surface area contributed by atoms with E-state index in [0.717, 1.165) is 0 Å². The van der Waals surface area contributed by atoms with Gasteiger partial charge in [-0.2, -0.15) is 13.2 Å². The van der Waals surface area contributed by atoms with Gasteiger partial charge in [0.1, 0.15) is 0 Å². The molecule has 0 aliphatic heterocycles. The molecule has 1 unspecified atom stereocenters. The van der Waals surface area contributed by atoms with Crippen LogP contribution in [-0.2, 0) is 4.74 Å². The molecular formula is C10H20F3NO. The van der Waals surface area contributed by atoms with Gasteiger partial charge >= 0.3 is 6.18 Å². The van der Waals surface area contributed by atoms with Crippen molar-refractivity contribution in [3.05, 3.63) is 0 Å². The molecule has 0 aromatic heterocycles. The minimum atomic E-state index is -4.11. The number of methoxy groups -OCH3 is 1. The van der Waals surface area contributed by atoms with E-state index < -0.39 is 18.6 Å². The predicted molar refractivity (Wildman–Crippen MR) is 53.8 cm³/mol. The Labute approximate surface area is 89.2 Å². The summed E-state index contributed by atoms with van der Waals surface area (Å²) >= 11 is 0. The molecule has 0 amide bonds. The highest BCUT2D eigenvalue weighted by Gasteiger charge is 2.32. The van der Waals surface area contributed by atoms with Crippen LogP contribution in [0.25, 0.3) is 0 Å². The van der Waals surface area contributed by atoms with Crippen molar-refractivity contribution in [3.8, 4) is 0 Å². The molecule has 1 atom stereocenters. The van der Waals surface area contributed by atoms with Gasteiger partial charge in [0, 0.05) is 13.2 Å². The molecule has 0 radical (unpaired) electrons. The molecule has 0 heterocycles. The monoisotopic (exact) mass is 227 g/mol. The molecule has 2 nitrogen and oxygen atoms in total. The van der Waals surface area contributed by atoms with Crippen molar-refractivity contribution in [2.75, 3.05) is 14.2 Å². The fourth-order valence-electron chi connectivity index (χ4n) is 1.25. The number of alkyl halides is 3. The summed E-state index contributed by atoms with van der Waals surface area (Å²) in [6, 6.07) is -0.528. The van der Waals surface area contributed by atoms with E-state index in [9.17, 15) is 13.2 Å². The van der Waals surface area contributed by atoms with Gasteiger partial charge in [-0.05, 0) is 33.7 Å². The Balaban J connectivity index is 4.01. The first-order valence-electron chi connectivity index (χ1n) is 4.99. The summed E-state index contributed by atoms with van der Waals surface area (Å²) in [5, 5.41) is 2.68. The van der Waals surface area contributed by atoms with Gasteiger partial charge in [-0.1, -0.05) is 0 Å². The van der Waals surface area contributed by atoms with Crippen molar-refractivity contribution < 1.29 is 17.9 Å².